The van der Waals surface area contributed by atoms with Crippen LogP contribution in [0.2, 0.25) is 0 Å². The lowest BCUT2D eigenvalue weighted by molar-refractivity contribution is 0.328. The molecule has 0 aromatic rings. The molecule has 60 valence electrons. The van der Waals surface area contributed by atoms with Gasteiger partial charge in [-0.15, -0.1) is 0 Å². The molecule has 0 aliphatic heterocycles. The van der Waals surface area contributed by atoms with E-state index in [9.17, 15) is 0 Å². The fourth-order valence-electron chi connectivity index (χ4n) is 1.79. The van der Waals surface area contributed by atoms with E-state index >= 15 is 0 Å². The van der Waals surface area contributed by atoms with Gasteiger partial charge in [0, 0.05) is 6.04 Å². The smallest absolute Gasteiger partial charge is 0.00670 e. The van der Waals surface area contributed by atoms with E-state index in [-0.39, 0.29) is 0 Å². The first-order valence-corrected chi connectivity index (χ1v) is 4.47. The second-order valence-corrected chi connectivity index (χ2v) is 3.78. The summed E-state index contributed by atoms with van der Waals surface area (Å²) < 4.78 is 0. The minimum Gasteiger partial charge on any atom is -0.327 e. The van der Waals surface area contributed by atoms with Crippen LogP contribution in [-0.2, 0) is 0 Å². The zero-order valence-electron chi connectivity index (χ0n) is 7.14. The van der Waals surface area contributed by atoms with E-state index in [1.807, 2.05) is 0 Å². The van der Waals surface area contributed by atoms with Crippen molar-refractivity contribution < 1.29 is 0 Å². The van der Waals surface area contributed by atoms with E-state index in [0.717, 1.165) is 11.8 Å². The fraction of sp³-hybridized carbons (Fsp3) is 1.00. The molecule has 0 heterocycles. The predicted molar refractivity (Wildman–Crippen MR) is 44.8 cm³/mol. The highest BCUT2D eigenvalue weighted by Gasteiger charge is 2.21. The van der Waals surface area contributed by atoms with Crippen LogP contribution in [0.15, 0.2) is 0 Å². The molecule has 0 saturated heterocycles. The van der Waals surface area contributed by atoms with Crippen LogP contribution in [0.5, 0.6) is 0 Å². The van der Waals surface area contributed by atoms with E-state index in [1.54, 1.807) is 0 Å². The Bertz CT molecular complexity index is 88.9. The number of nitrogens with two attached hydrogens (primary N) is 1. The molecule has 3 unspecified atom stereocenters. The third-order valence-corrected chi connectivity index (χ3v) is 3.02. The van der Waals surface area contributed by atoms with Gasteiger partial charge in [0.2, 0.25) is 0 Å². The van der Waals surface area contributed by atoms with Gasteiger partial charge in [0.05, 0.1) is 0 Å². The maximum Gasteiger partial charge on any atom is 0.00670 e. The number of hydrogen-bond acceptors (Lipinski definition) is 1. The Labute approximate surface area is 64.0 Å². The van der Waals surface area contributed by atoms with Crippen LogP contribution in [0.25, 0.3) is 0 Å². The summed E-state index contributed by atoms with van der Waals surface area (Å²) in [5.74, 6) is 1.58. The Morgan fingerprint density at radius 1 is 1.10 bits per heavy atom. The lowest BCUT2D eigenvalue weighted by atomic mass is 9.88. The highest BCUT2D eigenvalue weighted by atomic mass is 14.6. The molecule has 1 heteroatoms. The van der Waals surface area contributed by atoms with E-state index in [4.69, 9.17) is 5.73 Å². The van der Waals surface area contributed by atoms with Crippen LogP contribution >= 0.6 is 0 Å². The molecule has 1 aliphatic rings. The molecule has 1 saturated carbocycles. The van der Waals surface area contributed by atoms with Crippen molar-refractivity contribution in [3.05, 3.63) is 0 Å². The highest BCUT2D eigenvalue weighted by molar-refractivity contribution is 4.77. The second-order valence-electron chi connectivity index (χ2n) is 3.78. The van der Waals surface area contributed by atoms with E-state index < -0.39 is 0 Å². The van der Waals surface area contributed by atoms with Gasteiger partial charge in [-0.05, 0) is 18.3 Å². The zero-order chi connectivity index (χ0) is 7.56. The van der Waals surface area contributed by atoms with Crippen molar-refractivity contribution in [3.8, 4) is 0 Å². The molecule has 1 fully saturated rings. The monoisotopic (exact) mass is 141 g/mol. The van der Waals surface area contributed by atoms with E-state index in [0.29, 0.717) is 6.04 Å². The Kier molecular flexibility index (Phi) is 2.72. The number of rotatable bonds is 0. The first kappa shape index (κ1) is 8.06. The summed E-state index contributed by atoms with van der Waals surface area (Å²) in [6.45, 7) is 4.62. The maximum atomic E-state index is 5.97. The van der Waals surface area contributed by atoms with Crippen molar-refractivity contribution >= 4 is 0 Å². The standard InChI is InChI=1S/C9H19N/c1-7-5-3-4-6-9(10)8(7)2/h7-9H,3-6,10H2,1-2H3. The van der Waals surface area contributed by atoms with Gasteiger partial charge >= 0.3 is 0 Å². The Balaban J connectivity index is 2.46. The number of hydrogen-bond donors (Lipinski definition) is 1. The molecule has 3 atom stereocenters. The minimum atomic E-state index is 0.470. The molecule has 1 nitrogen and oxygen atoms in total. The lowest BCUT2D eigenvalue weighted by Gasteiger charge is -2.21. The molecule has 1 aliphatic carbocycles. The Morgan fingerprint density at radius 2 is 1.70 bits per heavy atom. The zero-order valence-corrected chi connectivity index (χ0v) is 7.14. The first-order valence-electron chi connectivity index (χ1n) is 4.47. The highest BCUT2D eigenvalue weighted by Crippen LogP contribution is 2.26. The van der Waals surface area contributed by atoms with Crippen molar-refractivity contribution in [2.45, 2.75) is 45.6 Å². The molecule has 0 aromatic heterocycles. The average molecular weight is 141 g/mol. The topological polar surface area (TPSA) is 26.0 Å². The molecular formula is C9H19N. The predicted octanol–water partition coefficient (Wildman–Crippen LogP) is 2.16. The van der Waals surface area contributed by atoms with Gasteiger partial charge in [-0.2, -0.15) is 0 Å². The molecule has 0 spiro atoms. The molecular weight excluding hydrogens is 122 g/mol. The summed E-state index contributed by atoms with van der Waals surface area (Å²) in [4.78, 5) is 0. The largest absolute Gasteiger partial charge is 0.327 e. The SMILES string of the molecule is CC1CCCCC(N)C1C. The summed E-state index contributed by atoms with van der Waals surface area (Å²) >= 11 is 0. The lowest BCUT2D eigenvalue weighted by Crippen LogP contribution is -2.30. The van der Waals surface area contributed by atoms with Crippen molar-refractivity contribution in [3.63, 3.8) is 0 Å². The summed E-state index contributed by atoms with van der Waals surface area (Å²) in [5, 5.41) is 0. The second kappa shape index (κ2) is 3.38. The van der Waals surface area contributed by atoms with E-state index in [2.05, 4.69) is 13.8 Å². The maximum absolute atomic E-state index is 5.97. The third-order valence-electron chi connectivity index (χ3n) is 3.02. The van der Waals surface area contributed by atoms with Gasteiger partial charge < -0.3 is 5.73 Å². The average Bonchev–Trinajstić information content (AvgIpc) is 2.04. The molecule has 0 bridgehead atoms. The third kappa shape index (κ3) is 1.72. The van der Waals surface area contributed by atoms with Gasteiger partial charge in [0.15, 0.2) is 0 Å². The van der Waals surface area contributed by atoms with Crippen molar-refractivity contribution in [1.29, 1.82) is 0 Å². The van der Waals surface area contributed by atoms with Crippen molar-refractivity contribution in [1.82, 2.24) is 0 Å². The molecule has 0 radical (unpaired) electrons. The summed E-state index contributed by atoms with van der Waals surface area (Å²) in [6, 6.07) is 0.470. The Hall–Kier alpha value is -0.0400. The summed E-state index contributed by atoms with van der Waals surface area (Å²) in [6.07, 6.45) is 5.36. The van der Waals surface area contributed by atoms with E-state index in [1.165, 1.54) is 25.7 Å². The molecule has 0 amide bonds. The Morgan fingerprint density at radius 3 is 2.40 bits per heavy atom. The normalized spacial score (nSPS) is 42.9. The molecule has 0 aromatic carbocycles. The molecule has 2 N–H and O–H groups in total. The summed E-state index contributed by atoms with van der Waals surface area (Å²) in [5.41, 5.74) is 5.97. The van der Waals surface area contributed by atoms with Gasteiger partial charge in [0.1, 0.15) is 0 Å². The first-order chi connectivity index (χ1) is 4.72. The van der Waals surface area contributed by atoms with Crippen LogP contribution in [0.1, 0.15) is 39.5 Å². The van der Waals surface area contributed by atoms with Crippen LogP contribution in [0.3, 0.4) is 0 Å². The quantitative estimate of drug-likeness (QED) is 0.514. The van der Waals surface area contributed by atoms with Crippen LogP contribution < -0.4 is 5.73 Å². The minimum absolute atomic E-state index is 0.470. The van der Waals surface area contributed by atoms with Gasteiger partial charge in [-0.1, -0.05) is 33.1 Å². The van der Waals surface area contributed by atoms with Crippen LogP contribution in [0.4, 0.5) is 0 Å². The van der Waals surface area contributed by atoms with Crippen LogP contribution in [0, 0.1) is 11.8 Å². The summed E-state index contributed by atoms with van der Waals surface area (Å²) in [7, 11) is 0. The van der Waals surface area contributed by atoms with Gasteiger partial charge in [-0.3, -0.25) is 0 Å². The van der Waals surface area contributed by atoms with Gasteiger partial charge in [-0.25, -0.2) is 0 Å². The van der Waals surface area contributed by atoms with Crippen molar-refractivity contribution in [2.75, 3.05) is 0 Å². The van der Waals surface area contributed by atoms with Gasteiger partial charge in [0.25, 0.3) is 0 Å². The van der Waals surface area contributed by atoms with Crippen LogP contribution in [-0.4, -0.2) is 6.04 Å². The van der Waals surface area contributed by atoms with Crippen molar-refractivity contribution in [2.24, 2.45) is 17.6 Å². The molecule has 10 heavy (non-hydrogen) atoms. The molecule has 1 rings (SSSR count). The fourth-order valence-corrected chi connectivity index (χ4v) is 1.79.